The van der Waals surface area contributed by atoms with Gasteiger partial charge in [0.2, 0.25) is 0 Å². The van der Waals surface area contributed by atoms with Crippen molar-refractivity contribution in [3.8, 4) is 0 Å². The third-order valence-corrected chi connectivity index (χ3v) is 6.41. The van der Waals surface area contributed by atoms with Gasteiger partial charge in [-0.15, -0.1) is 0 Å². The normalized spacial score (nSPS) is 12.4. The third kappa shape index (κ3) is 4.54. The summed E-state index contributed by atoms with van der Waals surface area (Å²) in [5.41, 5.74) is 0. The number of allylic oxidation sites excluding steroid dienone is 1. The van der Waals surface area contributed by atoms with Crippen LogP contribution < -0.4 is 0 Å². The van der Waals surface area contributed by atoms with Crippen LogP contribution in [0.4, 0.5) is 0 Å². The topological polar surface area (TPSA) is 158 Å². The van der Waals surface area contributed by atoms with E-state index < -0.39 is 45.0 Å². The molecule has 13 heteroatoms. The SMILES string of the molecule is C=C(C)OS(=O)(=O)c1c(S(=O)(=O)[O-])c(S(=O)(=O)[O-])cc2ccccc12.[Mg+2]. The average Bonchev–Trinajstić information content (AvgIpc) is 2.41. The van der Waals surface area contributed by atoms with Crippen molar-refractivity contribution in [3.63, 3.8) is 0 Å². The van der Waals surface area contributed by atoms with E-state index in [0.717, 1.165) is 13.0 Å². The predicted molar refractivity (Wildman–Crippen MR) is 88.7 cm³/mol. The van der Waals surface area contributed by atoms with Gasteiger partial charge < -0.3 is 13.3 Å². The molecule has 2 aromatic carbocycles. The van der Waals surface area contributed by atoms with Gasteiger partial charge in [-0.1, -0.05) is 30.8 Å². The molecule has 0 amide bonds. The molecular formula is C13H10MgO9S3. The van der Waals surface area contributed by atoms with Crippen LogP contribution in [-0.4, -0.2) is 57.4 Å². The molecule has 0 fully saturated rings. The van der Waals surface area contributed by atoms with Crippen LogP contribution >= 0.6 is 0 Å². The smallest absolute Gasteiger partial charge is 0.744 e. The zero-order chi connectivity index (χ0) is 19.2. The van der Waals surface area contributed by atoms with Crippen molar-refractivity contribution in [2.75, 3.05) is 0 Å². The van der Waals surface area contributed by atoms with E-state index >= 15 is 0 Å². The largest absolute Gasteiger partial charge is 2.00 e. The molecule has 0 aromatic heterocycles. The van der Waals surface area contributed by atoms with E-state index in [1.165, 1.54) is 18.2 Å². The van der Waals surface area contributed by atoms with E-state index in [9.17, 15) is 34.4 Å². The molecule has 0 bridgehead atoms. The predicted octanol–water partition coefficient (Wildman–Crippen LogP) is 0.506. The number of fused-ring (bicyclic) bond motifs is 1. The second-order valence-electron chi connectivity index (χ2n) is 4.90. The van der Waals surface area contributed by atoms with E-state index in [1.807, 2.05) is 0 Å². The summed E-state index contributed by atoms with van der Waals surface area (Å²) in [6.45, 7) is 4.34. The van der Waals surface area contributed by atoms with Crippen LogP contribution in [0.3, 0.4) is 0 Å². The number of hydrogen-bond acceptors (Lipinski definition) is 9. The molecule has 0 aliphatic heterocycles. The molecule has 2 rings (SSSR count). The Bertz CT molecular complexity index is 1200. The second kappa shape index (κ2) is 7.42. The van der Waals surface area contributed by atoms with Crippen LogP contribution in [0.15, 0.2) is 57.4 Å². The minimum atomic E-state index is -5.68. The first-order valence-corrected chi connectivity index (χ1v) is 10.5. The van der Waals surface area contributed by atoms with Crippen molar-refractivity contribution in [1.82, 2.24) is 0 Å². The minimum absolute atomic E-state index is 0. The minimum Gasteiger partial charge on any atom is -0.744 e. The Morgan fingerprint density at radius 2 is 1.50 bits per heavy atom. The van der Waals surface area contributed by atoms with Gasteiger partial charge in [0.15, 0.2) is 0 Å². The van der Waals surface area contributed by atoms with E-state index in [-0.39, 0.29) is 39.6 Å². The standard InChI is InChI=1S/C13H12O9S3.Mg/c1-8(2)22-25(20,21)12-10-6-4-3-5-9(10)7-11(23(14,15)16)13(12)24(17,18)19;/h3-7H,1H2,2H3,(H,14,15,16)(H,17,18,19);/q;+2/p-2. The van der Waals surface area contributed by atoms with Gasteiger partial charge in [0.1, 0.15) is 30.9 Å². The Labute approximate surface area is 166 Å². The van der Waals surface area contributed by atoms with Gasteiger partial charge in [-0.05, 0) is 18.4 Å². The fraction of sp³-hybridized carbons (Fsp3) is 0.0769. The summed E-state index contributed by atoms with van der Waals surface area (Å²) in [5, 5.41) is -0.390. The molecule has 0 atom stereocenters. The molecule has 0 N–H and O–H groups in total. The van der Waals surface area contributed by atoms with Gasteiger partial charge in [0.05, 0.1) is 9.79 Å². The molecule has 0 aliphatic rings. The Balaban J connectivity index is 0.00000338. The summed E-state index contributed by atoms with van der Waals surface area (Å²) in [5.74, 6) is -0.367. The summed E-state index contributed by atoms with van der Waals surface area (Å²) in [4.78, 5) is -4.37. The van der Waals surface area contributed by atoms with Crippen molar-refractivity contribution in [2.24, 2.45) is 0 Å². The van der Waals surface area contributed by atoms with Crippen molar-refractivity contribution in [3.05, 3.63) is 42.7 Å². The first-order valence-electron chi connectivity index (χ1n) is 6.32. The molecule has 0 radical (unpaired) electrons. The summed E-state index contributed by atoms with van der Waals surface area (Å²) in [6.07, 6.45) is 0. The molecule has 0 unspecified atom stereocenters. The Morgan fingerprint density at radius 3 is 1.96 bits per heavy atom. The van der Waals surface area contributed by atoms with Gasteiger partial charge in [0.25, 0.3) is 0 Å². The Hall–Kier alpha value is -1.22. The van der Waals surface area contributed by atoms with Gasteiger partial charge >= 0.3 is 33.2 Å². The fourth-order valence-electron chi connectivity index (χ4n) is 2.17. The summed E-state index contributed by atoms with van der Waals surface area (Å²) < 4.78 is 98.4. The van der Waals surface area contributed by atoms with Crippen LogP contribution in [0, 0.1) is 0 Å². The van der Waals surface area contributed by atoms with Crippen LogP contribution in [0.25, 0.3) is 10.8 Å². The van der Waals surface area contributed by atoms with E-state index in [1.54, 1.807) is 0 Å². The quantitative estimate of drug-likeness (QED) is 0.285. The Morgan fingerprint density at radius 1 is 0.962 bits per heavy atom. The zero-order valence-electron chi connectivity index (χ0n) is 13.2. The van der Waals surface area contributed by atoms with Crippen molar-refractivity contribution < 1.29 is 38.5 Å². The van der Waals surface area contributed by atoms with Crippen molar-refractivity contribution in [2.45, 2.75) is 21.6 Å². The van der Waals surface area contributed by atoms with Gasteiger partial charge in [0, 0.05) is 5.39 Å². The molecule has 9 nitrogen and oxygen atoms in total. The number of benzene rings is 2. The molecule has 136 valence electrons. The molecule has 0 spiro atoms. The van der Waals surface area contributed by atoms with Gasteiger partial charge in [-0.3, -0.25) is 0 Å². The number of hydrogen-bond donors (Lipinski definition) is 0. The fourth-order valence-corrected chi connectivity index (χ4v) is 5.95. The monoisotopic (exact) mass is 430 g/mol. The maximum atomic E-state index is 12.4. The van der Waals surface area contributed by atoms with E-state index in [4.69, 9.17) is 0 Å². The van der Waals surface area contributed by atoms with Crippen LogP contribution in [0.1, 0.15) is 6.92 Å². The second-order valence-corrected chi connectivity index (χ2v) is 9.05. The Kier molecular flexibility index (Phi) is 6.51. The van der Waals surface area contributed by atoms with Gasteiger partial charge in [-0.2, -0.15) is 8.42 Å². The summed E-state index contributed by atoms with van der Waals surface area (Å²) in [7, 11) is -16.1. The summed E-state index contributed by atoms with van der Waals surface area (Å²) >= 11 is 0. The van der Waals surface area contributed by atoms with Crippen LogP contribution in [-0.2, 0) is 34.5 Å². The third-order valence-electron chi connectivity index (χ3n) is 2.94. The van der Waals surface area contributed by atoms with Gasteiger partial charge in [-0.25, -0.2) is 16.8 Å². The number of rotatable bonds is 5. The van der Waals surface area contributed by atoms with Crippen LogP contribution in [0.5, 0.6) is 0 Å². The molecular weight excluding hydrogens is 421 g/mol. The molecule has 2 aromatic rings. The van der Waals surface area contributed by atoms with Crippen LogP contribution in [0.2, 0.25) is 0 Å². The van der Waals surface area contributed by atoms with Crippen molar-refractivity contribution in [1.29, 1.82) is 0 Å². The average molecular weight is 431 g/mol. The van der Waals surface area contributed by atoms with E-state index in [2.05, 4.69) is 10.8 Å². The molecule has 0 saturated carbocycles. The molecule has 0 heterocycles. The first kappa shape index (κ1) is 22.8. The maximum absolute atomic E-state index is 12.4. The molecule has 0 aliphatic carbocycles. The molecule has 26 heavy (non-hydrogen) atoms. The van der Waals surface area contributed by atoms with Crippen molar-refractivity contribution >= 4 is 64.2 Å². The first-order chi connectivity index (χ1) is 11.2. The summed E-state index contributed by atoms with van der Waals surface area (Å²) in [6, 6.07) is 5.73. The zero-order valence-corrected chi connectivity index (χ0v) is 17.1. The molecule has 0 saturated heterocycles. The maximum Gasteiger partial charge on any atom is 2.00 e. The van der Waals surface area contributed by atoms with E-state index in [0.29, 0.717) is 6.07 Å².